The zero-order valence-electron chi connectivity index (χ0n) is 17.6. The summed E-state index contributed by atoms with van der Waals surface area (Å²) < 4.78 is 0. The second kappa shape index (κ2) is 8.40. The quantitative estimate of drug-likeness (QED) is 0.717. The van der Waals surface area contributed by atoms with Gasteiger partial charge >= 0.3 is 0 Å². The lowest BCUT2D eigenvalue weighted by molar-refractivity contribution is -0.132. The first-order valence-corrected chi connectivity index (χ1v) is 10.5. The van der Waals surface area contributed by atoms with E-state index >= 15 is 0 Å². The highest BCUT2D eigenvalue weighted by atomic mass is 16.2. The molecule has 0 radical (unpaired) electrons. The van der Waals surface area contributed by atoms with Crippen LogP contribution in [0.1, 0.15) is 34.0 Å². The molecule has 0 atom stereocenters. The van der Waals surface area contributed by atoms with Crippen molar-refractivity contribution < 1.29 is 14.4 Å². The summed E-state index contributed by atoms with van der Waals surface area (Å²) in [4.78, 5) is 43.1. The molecule has 0 aromatic heterocycles. The average Bonchev–Trinajstić information content (AvgIpc) is 2.98. The van der Waals surface area contributed by atoms with Crippen LogP contribution >= 0.6 is 0 Å². The van der Waals surface area contributed by atoms with Crippen LogP contribution in [-0.4, -0.2) is 60.1 Å². The molecule has 2 aliphatic rings. The van der Waals surface area contributed by atoms with E-state index < -0.39 is 11.7 Å². The second-order valence-electron chi connectivity index (χ2n) is 8.07. The Morgan fingerprint density at radius 3 is 2.43 bits per heavy atom. The number of nitrogens with zero attached hydrogens (tertiary/aromatic N) is 3. The van der Waals surface area contributed by atoms with E-state index in [0.717, 1.165) is 31.6 Å². The minimum Gasteiger partial charge on any atom is -0.339 e. The first kappa shape index (κ1) is 20.3. The van der Waals surface area contributed by atoms with Crippen LogP contribution in [0.15, 0.2) is 42.5 Å². The van der Waals surface area contributed by atoms with Gasteiger partial charge in [-0.1, -0.05) is 42.8 Å². The van der Waals surface area contributed by atoms with Crippen molar-refractivity contribution in [3.63, 3.8) is 0 Å². The minimum atomic E-state index is -0.607. The van der Waals surface area contributed by atoms with Crippen LogP contribution in [0, 0.1) is 6.92 Å². The van der Waals surface area contributed by atoms with E-state index in [4.69, 9.17) is 0 Å². The number of fused-ring (bicyclic) bond motifs is 1. The molecule has 2 heterocycles. The molecule has 1 saturated heterocycles. The van der Waals surface area contributed by atoms with Crippen molar-refractivity contribution in [1.82, 2.24) is 9.80 Å². The average molecular weight is 405 g/mol. The first-order chi connectivity index (χ1) is 14.5. The number of carbonyl (C=O) groups is 3. The fraction of sp³-hybridized carbons (Fsp3) is 0.375. The molecule has 1 fully saturated rings. The number of benzene rings is 2. The Kier molecular flexibility index (Phi) is 5.68. The molecule has 0 bridgehead atoms. The zero-order chi connectivity index (χ0) is 21.3. The van der Waals surface area contributed by atoms with Gasteiger partial charge in [0.25, 0.3) is 11.7 Å². The molecule has 0 unspecified atom stereocenters. The Hall–Kier alpha value is -2.99. The highest BCUT2D eigenvalue weighted by molar-refractivity contribution is 6.52. The molecule has 0 aliphatic carbocycles. The van der Waals surface area contributed by atoms with Gasteiger partial charge in [0.05, 0.1) is 11.3 Å². The Morgan fingerprint density at radius 1 is 0.967 bits per heavy atom. The van der Waals surface area contributed by atoms with E-state index in [9.17, 15) is 14.4 Å². The van der Waals surface area contributed by atoms with Gasteiger partial charge in [0.15, 0.2) is 0 Å². The summed E-state index contributed by atoms with van der Waals surface area (Å²) in [6.45, 7) is 7.72. The molecule has 2 aromatic carbocycles. The number of rotatable bonds is 5. The van der Waals surface area contributed by atoms with Crippen molar-refractivity contribution >= 4 is 23.3 Å². The molecule has 2 aromatic rings. The SMILES string of the molecule is CCc1ccc2c(c1)C(=O)C(=O)N2CC(=O)N1CCN(Cc2cccc(C)c2)CC1. The van der Waals surface area contributed by atoms with Crippen molar-refractivity contribution in [3.05, 3.63) is 64.7 Å². The summed E-state index contributed by atoms with van der Waals surface area (Å²) in [7, 11) is 0. The third kappa shape index (κ3) is 4.00. The fourth-order valence-electron chi connectivity index (χ4n) is 4.18. The topological polar surface area (TPSA) is 60.9 Å². The summed E-state index contributed by atoms with van der Waals surface area (Å²) in [5, 5.41) is 0. The predicted molar refractivity (Wildman–Crippen MR) is 116 cm³/mol. The molecule has 0 N–H and O–H groups in total. The molecule has 6 nitrogen and oxygen atoms in total. The number of ketones is 1. The maximum absolute atomic E-state index is 12.9. The van der Waals surface area contributed by atoms with Crippen LogP contribution in [0.4, 0.5) is 5.69 Å². The second-order valence-corrected chi connectivity index (χ2v) is 8.07. The smallest absolute Gasteiger partial charge is 0.299 e. The molecule has 6 heteroatoms. The Balaban J connectivity index is 1.36. The molecule has 0 saturated carbocycles. The van der Waals surface area contributed by atoms with E-state index in [1.807, 2.05) is 13.0 Å². The minimum absolute atomic E-state index is 0.0824. The van der Waals surface area contributed by atoms with Crippen LogP contribution < -0.4 is 4.90 Å². The van der Waals surface area contributed by atoms with Crippen LogP contribution in [0.5, 0.6) is 0 Å². The van der Waals surface area contributed by atoms with E-state index in [1.165, 1.54) is 16.0 Å². The molecular weight excluding hydrogens is 378 g/mol. The Bertz CT molecular complexity index is 993. The van der Waals surface area contributed by atoms with Gasteiger partial charge in [-0.25, -0.2) is 0 Å². The predicted octanol–water partition coefficient (Wildman–Crippen LogP) is 2.43. The lowest BCUT2D eigenvalue weighted by Gasteiger charge is -2.35. The lowest BCUT2D eigenvalue weighted by atomic mass is 10.1. The molecule has 4 rings (SSSR count). The molecule has 30 heavy (non-hydrogen) atoms. The third-order valence-electron chi connectivity index (χ3n) is 5.95. The van der Waals surface area contributed by atoms with Crippen LogP contribution in [0.3, 0.4) is 0 Å². The van der Waals surface area contributed by atoms with Crippen molar-refractivity contribution in [2.45, 2.75) is 26.8 Å². The number of anilines is 1. The van der Waals surface area contributed by atoms with Crippen LogP contribution in [-0.2, 0) is 22.6 Å². The number of Topliss-reactive ketones (excluding diaryl/α,β-unsaturated/α-hetero) is 1. The van der Waals surface area contributed by atoms with Crippen LogP contribution in [0.2, 0.25) is 0 Å². The highest BCUT2D eigenvalue weighted by Crippen LogP contribution is 2.30. The van der Waals surface area contributed by atoms with Gasteiger partial charge in [-0.3, -0.25) is 24.2 Å². The molecule has 0 spiro atoms. The van der Waals surface area contributed by atoms with Crippen molar-refractivity contribution in [1.29, 1.82) is 0 Å². The largest absolute Gasteiger partial charge is 0.339 e. The number of carbonyl (C=O) groups excluding carboxylic acids is 3. The van der Waals surface area contributed by atoms with Crippen molar-refractivity contribution in [3.8, 4) is 0 Å². The van der Waals surface area contributed by atoms with Gasteiger partial charge in [0, 0.05) is 32.7 Å². The lowest BCUT2D eigenvalue weighted by Crippen LogP contribution is -2.51. The monoisotopic (exact) mass is 405 g/mol. The number of aryl methyl sites for hydroxylation is 2. The number of piperazine rings is 1. The molecule has 156 valence electrons. The van der Waals surface area contributed by atoms with Crippen LogP contribution in [0.25, 0.3) is 0 Å². The van der Waals surface area contributed by atoms with Gasteiger partial charge in [-0.2, -0.15) is 0 Å². The van der Waals surface area contributed by atoms with E-state index in [2.05, 4.69) is 36.1 Å². The third-order valence-corrected chi connectivity index (χ3v) is 5.95. The van der Waals surface area contributed by atoms with E-state index in [-0.39, 0.29) is 12.5 Å². The van der Waals surface area contributed by atoms with Gasteiger partial charge in [0.2, 0.25) is 5.91 Å². The van der Waals surface area contributed by atoms with Gasteiger partial charge < -0.3 is 4.90 Å². The summed E-state index contributed by atoms with van der Waals surface area (Å²) >= 11 is 0. The number of amides is 2. The maximum atomic E-state index is 12.9. The van der Waals surface area contributed by atoms with Gasteiger partial charge in [-0.05, 0) is 36.6 Å². The molecule has 2 aliphatic heterocycles. The first-order valence-electron chi connectivity index (χ1n) is 10.5. The molecule has 2 amide bonds. The normalized spacial score (nSPS) is 16.9. The number of hydrogen-bond acceptors (Lipinski definition) is 4. The summed E-state index contributed by atoms with van der Waals surface area (Å²) in [5.74, 6) is -1.24. The van der Waals surface area contributed by atoms with Crippen molar-refractivity contribution in [2.24, 2.45) is 0 Å². The summed E-state index contributed by atoms with van der Waals surface area (Å²) in [6, 6.07) is 13.9. The zero-order valence-corrected chi connectivity index (χ0v) is 17.6. The number of hydrogen-bond donors (Lipinski definition) is 0. The van der Waals surface area contributed by atoms with E-state index in [0.29, 0.717) is 24.3 Å². The highest BCUT2D eigenvalue weighted by Gasteiger charge is 2.37. The van der Waals surface area contributed by atoms with Gasteiger partial charge in [-0.15, -0.1) is 0 Å². The Morgan fingerprint density at radius 2 is 1.73 bits per heavy atom. The fourth-order valence-corrected chi connectivity index (χ4v) is 4.18. The summed E-state index contributed by atoms with van der Waals surface area (Å²) in [6.07, 6.45) is 0.792. The Labute approximate surface area is 177 Å². The van der Waals surface area contributed by atoms with Gasteiger partial charge in [0.1, 0.15) is 6.54 Å². The van der Waals surface area contributed by atoms with Crippen molar-refractivity contribution in [2.75, 3.05) is 37.6 Å². The summed E-state index contributed by atoms with van der Waals surface area (Å²) in [5.41, 5.74) is 4.49. The maximum Gasteiger partial charge on any atom is 0.299 e. The molecular formula is C24H27N3O3. The van der Waals surface area contributed by atoms with E-state index in [1.54, 1.807) is 17.0 Å². The standard InChI is InChI=1S/C24H27N3O3/c1-3-18-7-8-21-20(14-18)23(29)24(30)27(21)16-22(28)26-11-9-25(10-12-26)15-19-6-4-5-17(2)13-19/h4-8,13-14H,3,9-12,15-16H2,1-2H3.